The van der Waals surface area contributed by atoms with E-state index < -0.39 is 7.92 Å². The van der Waals surface area contributed by atoms with Crippen molar-refractivity contribution in [3.05, 3.63) is 83.7 Å². The molecule has 2 aromatic rings. The number of benzene rings is 2. The Morgan fingerprint density at radius 1 is 0.957 bits per heavy atom. The molecule has 1 nitrogen and oxygen atoms in total. The summed E-state index contributed by atoms with van der Waals surface area (Å²) in [4.78, 5) is 12.9. The molecule has 2 heteroatoms. The first kappa shape index (κ1) is 14.6. The van der Waals surface area contributed by atoms with Crippen LogP contribution in [0.3, 0.4) is 0 Å². The minimum absolute atomic E-state index is 0.0510. The van der Waals surface area contributed by atoms with E-state index in [0.29, 0.717) is 0 Å². The second-order valence-electron chi connectivity index (χ2n) is 6.49. The van der Waals surface area contributed by atoms with Crippen molar-refractivity contribution < 1.29 is 4.79 Å². The smallest absolute Gasteiger partial charge is 0.165 e. The van der Waals surface area contributed by atoms with Gasteiger partial charge in [-0.1, -0.05) is 79.0 Å². The van der Waals surface area contributed by atoms with Crippen LogP contribution >= 0.6 is 7.92 Å². The van der Waals surface area contributed by atoms with Gasteiger partial charge in [0.1, 0.15) is 0 Å². The molecule has 1 aliphatic heterocycles. The van der Waals surface area contributed by atoms with Crippen LogP contribution in [0.5, 0.6) is 0 Å². The summed E-state index contributed by atoms with van der Waals surface area (Å²) < 4.78 is 0. The van der Waals surface area contributed by atoms with Crippen LogP contribution in [0.15, 0.2) is 78.1 Å². The van der Waals surface area contributed by atoms with Gasteiger partial charge in [0, 0.05) is 5.41 Å². The molecule has 2 aliphatic rings. The summed E-state index contributed by atoms with van der Waals surface area (Å²) in [5.41, 5.74) is 3.57. The molecule has 3 unspecified atom stereocenters. The Kier molecular flexibility index (Phi) is 3.36. The zero-order chi connectivity index (χ0) is 16.0. The highest BCUT2D eigenvalue weighted by Gasteiger charge is 2.54. The standard InChI is InChI=1S/C21H19OP/c1-15-14-23(17-11-7-4-8-12-17)20-19(22)13-18(21(15,20)2)16-9-5-3-6-10-16/h3-14,20H,1-2H3. The summed E-state index contributed by atoms with van der Waals surface area (Å²) in [6, 6.07) is 20.8. The number of rotatable bonds is 2. The molecule has 0 fully saturated rings. The van der Waals surface area contributed by atoms with Crippen LogP contribution in [0, 0.1) is 5.41 Å². The van der Waals surface area contributed by atoms with Crippen molar-refractivity contribution in [3.8, 4) is 0 Å². The van der Waals surface area contributed by atoms with Crippen molar-refractivity contribution in [2.45, 2.75) is 19.5 Å². The average molecular weight is 318 g/mol. The molecule has 0 bridgehead atoms. The molecule has 2 aromatic carbocycles. The lowest BCUT2D eigenvalue weighted by molar-refractivity contribution is -0.114. The van der Waals surface area contributed by atoms with Crippen LogP contribution in [0.25, 0.3) is 5.57 Å². The summed E-state index contributed by atoms with van der Waals surface area (Å²) >= 11 is 0. The molecule has 0 amide bonds. The fourth-order valence-corrected chi connectivity index (χ4v) is 6.93. The number of carbonyl (C=O) groups excluding carboxylic acids is 1. The Balaban J connectivity index is 1.82. The van der Waals surface area contributed by atoms with Crippen LogP contribution in [0.1, 0.15) is 19.4 Å². The molecule has 1 heterocycles. The van der Waals surface area contributed by atoms with Gasteiger partial charge in [0.25, 0.3) is 0 Å². The van der Waals surface area contributed by atoms with E-state index in [1.54, 1.807) is 0 Å². The van der Waals surface area contributed by atoms with E-state index in [1.807, 2.05) is 30.3 Å². The third kappa shape index (κ3) is 2.07. The quantitative estimate of drug-likeness (QED) is 0.730. The topological polar surface area (TPSA) is 17.1 Å². The first-order valence-electron chi connectivity index (χ1n) is 7.96. The number of allylic oxidation sites excluding steroid dienone is 3. The molecule has 0 spiro atoms. The van der Waals surface area contributed by atoms with E-state index >= 15 is 0 Å². The molecule has 3 atom stereocenters. The van der Waals surface area contributed by atoms with Crippen LogP contribution in [-0.4, -0.2) is 11.4 Å². The Morgan fingerprint density at radius 3 is 2.22 bits per heavy atom. The second kappa shape index (κ2) is 5.28. The van der Waals surface area contributed by atoms with Gasteiger partial charge in [0.05, 0.1) is 5.66 Å². The molecule has 0 N–H and O–H groups in total. The van der Waals surface area contributed by atoms with Gasteiger partial charge in [-0.05, 0) is 37.4 Å². The van der Waals surface area contributed by atoms with E-state index in [1.165, 1.54) is 22.0 Å². The van der Waals surface area contributed by atoms with Crippen molar-refractivity contribution in [3.63, 3.8) is 0 Å². The second-order valence-corrected chi connectivity index (χ2v) is 8.59. The molecule has 4 rings (SSSR count). The van der Waals surface area contributed by atoms with Gasteiger partial charge in [-0.15, -0.1) is 0 Å². The summed E-state index contributed by atoms with van der Waals surface area (Å²) in [5.74, 6) is 2.65. The van der Waals surface area contributed by atoms with Gasteiger partial charge >= 0.3 is 0 Å². The maximum Gasteiger partial charge on any atom is 0.165 e. The molecule has 0 saturated heterocycles. The normalized spacial score (nSPS) is 29.2. The third-order valence-corrected chi connectivity index (χ3v) is 8.12. The molecule has 0 radical (unpaired) electrons. The number of fused-ring (bicyclic) bond motifs is 1. The van der Waals surface area contributed by atoms with Gasteiger partial charge in [0.2, 0.25) is 0 Å². The first-order valence-corrected chi connectivity index (χ1v) is 9.44. The maximum absolute atomic E-state index is 12.9. The van der Waals surface area contributed by atoms with Gasteiger partial charge in [-0.3, -0.25) is 4.79 Å². The fraction of sp³-hybridized carbons (Fsp3) is 0.190. The van der Waals surface area contributed by atoms with Crippen molar-refractivity contribution in [2.24, 2.45) is 5.41 Å². The first-order chi connectivity index (χ1) is 11.1. The Labute approximate surface area is 138 Å². The predicted octanol–water partition coefficient (Wildman–Crippen LogP) is 4.75. The summed E-state index contributed by atoms with van der Waals surface area (Å²) in [6.07, 6.45) is 1.90. The highest BCUT2D eigenvalue weighted by Crippen LogP contribution is 2.66. The molecule has 23 heavy (non-hydrogen) atoms. The lowest BCUT2D eigenvalue weighted by Crippen LogP contribution is -2.31. The van der Waals surface area contributed by atoms with Crippen molar-refractivity contribution in [1.29, 1.82) is 0 Å². The fourth-order valence-electron chi connectivity index (χ4n) is 3.89. The van der Waals surface area contributed by atoms with Gasteiger partial charge in [0.15, 0.2) is 5.78 Å². The SMILES string of the molecule is CC1=CP(c2ccccc2)C2C(=O)C=C(c3ccccc3)C12C. The summed E-state index contributed by atoms with van der Waals surface area (Å²) in [7, 11) is -0.589. The van der Waals surface area contributed by atoms with Crippen LogP contribution in [0.2, 0.25) is 0 Å². The highest BCUT2D eigenvalue weighted by molar-refractivity contribution is 7.70. The van der Waals surface area contributed by atoms with E-state index in [0.717, 1.165) is 0 Å². The number of carbonyl (C=O) groups is 1. The molecule has 0 saturated carbocycles. The van der Waals surface area contributed by atoms with E-state index in [9.17, 15) is 4.79 Å². The third-order valence-electron chi connectivity index (χ3n) is 5.23. The van der Waals surface area contributed by atoms with E-state index in [-0.39, 0.29) is 16.9 Å². The van der Waals surface area contributed by atoms with Gasteiger partial charge < -0.3 is 0 Å². The average Bonchev–Trinajstić information content (AvgIpc) is 3.01. The predicted molar refractivity (Wildman–Crippen MR) is 98.1 cm³/mol. The molecule has 0 aromatic heterocycles. The van der Waals surface area contributed by atoms with Crippen LogP contribution in [0.4, 0.5) is 0 Å². The van der Waals surface area contributed by atoms with Gasteiger partial charge in [-0.2, -0.15) is 0 Å². The summed E-state index contributed by atoms with van der Waals surface area (Å²) in [5, 5.41) is 1.30. The molecule has 114 valence electrons. The number of hydrogen-bond donors (Lipinski definition) is 0. The van der Waals surface area contributed by atoms with Crippen LogP contribution in [-0.2, 0) is 4.79 Å². The minimum atomic E-state index is -0.589. The van der Waals surface area contributed by atoms with Crippen molar-refractivity contribution in [1.82, 2.24) is 0 Å². The Bertz CT molecular complexity index is 819. The summed E-state index contributed by atoms with van der Waals surface area (Å²) in [6.45, 7) is 4.44. The molecular weight excluding hydrogens is 299 g/mol. The van der Waals surface area contributed by atoms with E-state index in [2.05, 4.69) is 56.1 Å². The van der Waals surface area contributed by atoms with Crippen molar-refractivity contribution in [2.75, 3.05) is 0 Å². The Morgan fingerprint density at radius 2 is 1.57 bits per heavy atom. The van der Waals surface area contributed by atoms with Crippen LogP contribution < -0.4 is 5.30 Å². The maximum atomic E-state index is 12.9. The Hall–Kier alpha value is -1.98. The minimum Gasteiger partial charge on any atom is -0.294 e. The van der Waals surface area contributed by atoms with Gasteiger partial charge in [-0.25, -0.2) is 0 Å². The van der Waals surface area contributed by atoms with Crippen molar-refractivity contribution >= 4 is 24.6 Å². The number of hydrogen-bond acceptors (Lipinski definition) is 1. The lowest BCUT2D eigenvalue weighted by atomic mass is 9.75. The van der Waals surface area contributed by atoms with E-state index in [4.69, 9.17) is 0 Å². The highest BCUT2D eigenvalue weighted by atomic mass is 31.1. The monoisotopic (exact) mass is 318 g/mol. The zero-order valence-corrected chi connectivity index (χ0v) is 14.3. The lowest BCUT2D eigenvalue weighted by Gasteiger charge is -2.32. The zero-order valence-electron chi connectivity index (χ0n) is 13.4. The molecular formula is C21H19OP. The molecule has 1 aliphatic carbocycles. The largest absolute Gasteiger partial charge is 0.294 e. The number of ketones is 1.